The molecule has 0 aromatic rings. The van der Waals surface area contributed by atoms with Gasteiger partial charge in [-0.25, -0.2) is 0 Å². The maximum Gasteiger partial charge on any atom is 0.00684 e. The molecular weight excluding hydrogens is 148 g/mol. The normalized spacial score (nSPS) is 36.8. The van der Waals surface area contributed by atoms with E-state index >= 15 is 0 Å². The zero-order valence-corrected chi connectivity index (χ0v) is 8.03. The Morgan fingerprint density at radius 1 is 1.50 bits per heavy atom. The van der Waals surface area contributed by atoms with E-state index in [1.165, 1.54) is 45.3 Å². The highest BCUT2D eigenvalue weighted by Gasteiger charge is 2.29. The van der Waals surface area contributed by atoms with E-state index < -0.39 is 0 Å². The third-order valence-electron chi connectivity index (χ3n) is 3.08. The second-order valence-corrected chi connectivity index (χ2v) is 4.75. The minimum atomic E-state index is 0.529. The predicted molar refractivity (Wildman–Crippen MR) is 51.2 cm³/mol. The smallest absolute Gasteiger partial charge is 0.00684 e. The minimum absolute atomic E-state index is 0.529. The third kappa shape index (κ3) is 2.20. The van der Waals surface area contributed by atoms with E-state index in [2.05, 4.69) is 17.6 Å². The quantitative estimate of drug-likeness (QED) is 0.660. The van der Waals surface area contributed by atoms with E-state index in [0.29, 0.717) is 5.41 Å². The van der Waals surface area contributed by atoms with Crippen LogP contribution in [0.15, 0.2) is 0 Å². The van der Waals surface area contributed by atoms with Gasteiger partial charge < -0.3 is 10.6 Å². The number of rotatable bonds is 3. The summed E-state index contributed by atoms with van der Waals surface area (Å²) in [5.41, 5.74) is 0.529. The SMILES string of the molecule is CC1(CNC2CC2)CCCNC1. The van der Waals surface area contributed by atoms with Crippen LogP contribution in [0.25, 0.3) is 0 Å². The highest BCUT2D eigenvalue weighted by Crippen LogP contribution is 2.26. The van der Waals surface area contributed by atoms with Crippen LogP contribution in [0.2, 0.25) is 0 Å². The zero-order chi connectivity index (χ0) is 8.44. The van der Waals surface area contributed by atoms with Crippen LogP contribution in [0.4, 0.5) is 0 Å². The maximum atomic E-state index is 3.63. The first-order valence-corrected chi connectivity index (χ1v) is 5.23. The molecule has 70 valence electrons. The summed E-state index contributed by atoms with van der Waals surface area (Å²) < 4.78 is 0. The molecule has 2 heteroatoms. The fourth-order valence-electron chi connectivity index (χ4n) is 1.95. The van der Waals surface area contributed by atoms with Crippen molar-refractivity contribution in [3.63, 3.8) is 0 Å². The highest BCUT2D eigenvalue weighted by molar-refractivity contribution is 4.88. The molecule has 2 N–H and O–H groups in total. The van der Waals surface area contributed by atoms with E-state index in [4.69, 9.17) is 0 Å². The average Bonchev–Trinajstić information content (AvgIpc) is 2.85. The molecule has 1 unspecified atom stereocenters. The van der Waals surface area contributed by atoms with Gasteiger partial charge in [0, 0.05) is 19.1 Å². The zero-order valence-electron chi connectivity index (χ0n) is 8.03. The molecule has 1 heterocycles. The molecule has 2 aliphatic rings. The Balaban J connectivity index is 1.73. The van der Waals surface area contributed by atoms with Crippen molar-refractivity contribution in [1.29, 1.82) is 0 Å². The van der Waals surface area contributed by atoms with Gasteiger partial charge in [0.15, 0.2) is 0 Å². The summed E-state index contributed by atoms with van der Waals surface area (Å²) in [4.78, 5) is 0. The van der Waals surface area contributed by atoms with Crippen LogP contribution < -0.4 is 10.6 Å². The minimum Gasteiger partial charge on any atom is -0.316 e. The van der Waals surface area contributed by atoms with Crippen LogP contribution in [0, 0.1) is 5.41 Å². The second-order valence-electron chi connectivity index (χ2n) is 4.75. The lowest BCUT2D eigenvalue weighted by Gasteiger charge is -2.34. The molecule has 0 amide bonds. The Kier molecular flexibility index (Phi) is 2.37. The first-order valence-electron chi connectivity index (χ1n) is 5.23. The summed E-state index contributed by atoms with van der Waals surface area (Å²) in [5, 5.41) is 7.11. The highest BCUT2D eigenvalue weighted by atomic mass is 15.0. The average molecular weight is 168 g/mol. The van der Waals surface area contributed by atoms with Gasteiger partial charge in [0.25, 0.3) is 0 Å². The lowest BCUT2D eigenvalue weighted by Crippen LogP contribution is -2.44. The number of hydrogen-bond donors (Lipinski definition) is 2. The van der Waals surface area contributed by atoms with Crippen LogP contribution >= 0.6 is 0 Å². The summed E-state index contributed by atoms with van der Waals surface area (Å²) in [6.45, 7) is 6.03. The van der Waals surface area contributed by atoms with Crippen LogP contribution in [-0.2, 0) is 0 Å². The first kappa shape index (κ1) is 8.52. The summed E-state index contributed by atoms with van der Waals surface area (Å²) >= 11 is 0. The van der Waals surface area contributed by atoms with E-state index in [-0.39, 0.29) is 0 Å². The van der Waals surface area contributed by atoms with Crippen molar-refractivity contribution in [3.05, 3.63) is 0 Å². The van der Waals surface area contributed by atoms with Crippen molar-refractivity contribution in [3.8, 4) is 0 Å². The van der Waals surface area contributed by atoms with Crippen molar-refractivity contribution in [2.45, 2.75) is 38.6 Å². The predicted octanol–water partition coefficient (Wildman–Crippen LogP) is 1.13. The first-order chi connectivity index (χ1) is 5.79. The fourth-order valence-corrected chi connectivity index (χ4v) is 1.95. The second kappa shape index (κ2) is 3.35. The summed E-state index contributed by atoms with van der Waals surface area (Å²) in [6.07, 6.45) is 5.55. The third-order valence-corrected chi connectivity index (χ3v) is 3.08. The van der Waals surface area contributed by atoms with E-state index in [1.807, 2.05) is 0 Å². The Labute approximate surface area is 75.1 Å². The number of nitrogens with one attached hydrogen (secondary N) is 2. The molecule has 0 aromatic carbocycles. The lowest BCUT2D eigenvalue weighted by molar-refractivity contribution is 0.226. The molecular formula is C10H20N2. The Morgan fingerprint density at radius 2 is 2.33 bits per heavy atom. The van der Waals surface area contributed by atoms with Gasteiger partial charge in [0.1, 0.15) is 0 Å². The molecule has 1 aliphatic heterocycles. The van der Waals surface area contributed by atoms with Gasteiger partial charge in [0.05, 0.1) is 0 Å². The molecule has 1 aliphatic carbocycles. The topological polar surface area (TPSA) is 24.1 Å². The summed E-state index contributed by atoms with van der Waals surface area (Å²) in [6, 6.07) is 0.865. The molecule has 0 bridgehead atoms. The van der Waals surface area contributed by atoms with Crippen molar-refractivity contribution >= 4 is 0 Å². The van der Waals surface area contributed by atoms with Crippen molar-refractivity contribution in [2.24, 2.45) is 5.41 Å². The Hall–Kier alpha value is -0.0800. The Bertz CT molecular complexity index is 146. The van der Waals surface area contributed by atoms with Gasteiger partial charge in [-0.1, -0.05) is 6.92 Å². The Morgan fingerprint density at radius 3 is 2.92 bits per heavy atom. The van der Waals surface area contributed by atoms with Crippen molar-refractivity contribution in [1.82, 2.24) is 10.6 Å². The van der Waals surface area contributed by atoms with Crippen molar-refractivity contribution < 1.29 is 0 Å². The standard InChI is InChI=1S/C10H20N2/c1-10(5-2-6-11-7-10)8-12-9-3-4-9/h9,11-12H,2-8H2,1H3. The van der Waals surface area contributed by atoms with Gasteiger partial charge in [-0.05, 0) is 37.6 Å². The molecule has 2 rings (SSSR count). The lowest BCUT2D eigenvalue weighted by atomic mass is 9.83. The van der Waals surface area contributed by atoms with Crippen LogP contribution in [0.3, 0.4) is 0 Å². The molecule has 2 fully saturated rings. The van der Waals surface area contributed by atoms with Gasteiger partial charge in [-0.2, -0.15) is 0 Å². The van der Waals surface area contributed by atoms with Gasteiger partial charge >= 0.3 is 0 Å². The molecule has 1 atom stereocenters. The molecule has 1 saturated carbocycles. The van der Waals surface area contributed by atoms with Crippen LogP contribution in [0.5, 0.6) is 0 Å². The van der Waals surface area contributed by atoms with Crippen molar-refractivity contribution in [2.75, 3.05) is 19.6 Å². The van der Waals surface area contributed by atoms with Gasteiger partial charge in [0.2, 0.25) is 0 Å². The number of piperidine rings is 1. The number of hydrogen-bond acceptors (Lipinski definition) is 2. The monoisotopic (exact) mass is 168 g/mol. The largest absolute Gasteiger partial charge is 0.316 e. The van der Waals surface area contributed by atoms with E-state index in [1.54, 1.807) is 0 Å². The molecule has 0 aromatic heterocycles. The summed E-state index contributed by atoms with van der Waals surface area (Å²) in [7, 11) is 0. The molecule has 12 heavy (non-hydrogen) atoms. The molecule has 1 saturated heterocycles. The van der Waals surface area contributed by atoms with E-state index in [0.717, 1.165) is 6.04 Å². The molecule has 2 nitrogen and oxygen atoms in total. The van der Waals surface area contributed by atoms with Crippen LogP contribution in [0.1, 0.15) is 32.6 Å². The molecule has 0 radical (unpaired) electrons. The van der Waals surface area contributed by atoms with Gasteiger partial charge in [-0.15, -0.1) is 0 Å². The van der Waals surface area contributed by atoms with E-state index in [9.17, 15) is 0 Å². The maximum absolute atomic E-state index is 3.63. The van der Waals surface area contributed by atoms with Crippen LogP contribution in [-0.4, -0.2) is 25.7 Å². The van der Waals surface area contributed by atoms with Gasteiger partial charge in [-0.3, -0.25) is 0 Å². The summed E-state index contributed by atoms with van der Waals surface area (Å²) in [5.74, 6) is 0. The molecule has 0 spiro atoms. The fraction of sp³-hybridized carbons (Fsp3) is 1.00.